The Kier molecular flexibility index (Phi) is 5.58. The summed E-state index contributed by atoms with van der Waals surface area (Å²) in [5.41, 5.74) is 3.59. The molecule has 2 aromatic heterocycles. The third-order valence-corrected chi connectivity index (χ3v) is 4.61. The highest BCUT2D eigenvalue weighted by molar-refractivity contribution is 6.04. The molecule has 3 rings (SSSR count). The lowest BCUT2D eigenvalue weighted by Crippen LogP contribution is -2.14. The van der Waals surface area contributed by atoms with Crippen LogP contribution in [0.5, 0.6) is 0 Å². The third-order valence-electron chi connectivity index (χ3n) is 4.61. The van der Waals surface area contributed by atoms with Gasteiger partial charge in [0, 0.05) is 26.6 Å². The first-order valence-electron chi connectivity index (χ1n) is 9.04. The molecule has 2 heterocycles. The topological polar surface area (TPSA) is 93.8 Å². The molecule has 8 heteroatoms. The first kappa shape index (κ1) is 19.3. The van der Waals surface area contributed by atoms with Gasteiger partial charge >= 0.3 is 0 Å². The van der Waals surface area contributed by atoms with Gasteiger partial charge in [-0.25, -0.2) is 0 Å². The van der Waals surface area contributed by atoms with E-state index in [1.807, 2.05) is 51.2 Å². The van der Waals surface area contributed by atoms with Gasteiger partial charge in [-0.2, -0.15) is 10.2 Å². The number of nitrogens with one attached hydrogen (secondary N) is 2. The number of benzene rings is 1. The van der Waals surface area contributed by atoms with E-state index in [2.05, 4.69) is 20.8 Å². The second-order valence-corrected chi connectivity index (χ2v) is 6.70. The Labute approximate surface area is 163 Å². The average molecular weight is 380 g/mol. The summed E-state index contributed by atoms with van der Waals surface area (Å²) in [6, 6.07) is 11.4. The fraction of sp³-hybridized carbons (Fsp3) is 0.300. The maximum atomic E-state index is 12.6. The van der Waals surface area contributed by atoms with Crippen molar-refractivity contribution in [2.45, 2.75) is 26.7 Å². The van der Waals surface area contributed by atoms with Crippen LogP contribution < -0.4 is 10.6 Å². The summed E-state index contributed by atoms with van der Waals surface area (Å²) in [6.45, 7) is 3.71. The van der Waals surface area contributed by atoms with Gasteiger partial charge in [0.15, 0.2) is 5.69 Å². The lowest BCUT2D eigenvalue weighted by molar-refractivity contribution is -0.116. The van der Waals surface area contributed by atoms with Crippen LogP contribution in [-0.2, 0) is 25.3 Å². The van der Waals surface area contributed by atoms with E-state index in [0.29, 0.717) is 24.3 Å². The Hall–Kier alpha value is -3.42. The molecule has 0 aliphatic heterocycles. The van der Waals surface area contributed by atoms with E-state index in [0.717, 1.165) is 17.0 Å². The number of hydrogen-bond donors (Lipinski definition) is 2. The molecular formula is C20H24N6O2. The number of aromatic nitrogens is 4. The van der Waals surface area contributed by atoms with E-state index in [4.69, 9.17) is 0 Å². The van der Waals surface area contributed by atoms with Gasteiger partial charge in [0.25, 0.3) is 5.91 Å². The molecule has 0 bridgehead atoms. The Bertz CT molecular complexity index is 1000. The lowest BCUT2D eigenvalue weighted by Gasteiger charge is -2.05. The van der Waals surface area contributed by atoms with Crippen molar-refractivity contribution in [3.63, 3.8) is 0 Å². The molecule has 3 aromatic rings. The summed E-state index contributed by atoms with van der Waals surface area (Å²) >= 11 is 0. The minimum atomic E-state index is -0.348. The van der Waals surface area contributed by atoms with Gasteiger partial charge < -0.3 is 10.6 Å². The van der Waals surface area contributed by atoms with E-state index in [1.54, 1.807) is 17.8 Å². The van der Waals surface area contributed by atoms with E-state index in [1.165, 1.54) is 4.68 Å². The Morgan fingerprint density at radius 1 is 1.00 bits per heavy atom. The van der Waals surface area contributed by atoms with Crippen LogP contribution in [0.25, 0.3) is 0 Å². The summed E-state index contributed by atoms with van der Waals surface area (Å²) in [4.78, 5) is 24.8. The van der Waals surface area contributed by atoms with Crippen LogP contribution in [0.15, 0.2) is 36.4 Å². The van der Waals surface area contributed by atoms with Crippen molar-refractivity contribution in [1.29, 1.82) is 0 Å². The molecule has 0 fully saturated rings. The second-order valence-electron chi connectivity index (χ2n) is 6.70. The van der Waals surface area contributed by atoms with Gasteiger partial charge in [0.05, 0.1) is 17.1 Å². The zero-order valence-electron chi connectivity index (χ0n) is 16.5. The zero-order valence-corrected chi connectivity index (χ0v) is 16.5. The van der Waals surface area contributed by atoms with E-state index < -0.39 is 0 Å². The van der Waals surface area contributed by atoms with Gasteiger partial charge in [-0.15, -0.1) is 0 Å². The fourth-order valence-electron chi connectivity index (χ4n) is 2.94. The molecule has 146 valence electrons. The normalized spacial score (nSPS) is 10.7. The predicted octanol–water partition coefficient (Wildman–Crippen LogP) is 2.59. The number of carbonyl (C=O) groups is 2. The number of anilines is 2. The third kappa shape index (κ3) is 4.28. The van der Waals surface area contributed by atoms with E-state index in [9.17, 15) is 9.59 Å². The molecule has 0 saturated carbocycles. The van der Waals surface area contributed by atoms with E-state index in [-0.39, 0.29) is 17.5 Å². The van der Waals surface area contributed by atoms with Crippen molar-refractivity contribution >= 4 is 23.3 Å². The highest BCUT2D eigenvalue weighted by Crippen LogP contribution is 2.20. The molecule has 0 aliphatic carbocycles. The summed E-state index contributed by atoms with van der Waals surface area (Å²) in [5.74, 6) is 0.000172. The largest absolute Gasteiger partial charge is 0.317 e. The molecule has 0 saturated heterocycles. The first-order chi connectivity index (χ1) is 13.3. The number of hydrogen-bond acceptors (Lipinski definition) is 4. The van der Waals surface area contributed by atoms with Crippen molar-refractivity contribution in [3.8, 4) is 0 Å². The van der Waals surface area contributed by atoms with Crippen molar-refractivity contribution in [3.05, 3.63) is 59.0 Å². The minimum Gasteiger partial charge on any atom is -0.317 e. The minimum absolute atomic E-state index is 0.127. The lowest BCUT2D eigenvalue weighted by atomic mass is 10.1. The molecule has 0 atom stereocenters. The first-order valence-corrected chi connectivity index (χ1v) is 9.04. The number of aryl methyl sites for hydroxylation is 4. The molecular weight excluding hydrogens is 356 g/mol. The van der Waals surface area contributed by atoms with Crippen LogP contribution >= 0.6 is 0 Å². The molecule has 0 radical (unpaired) electrons. The maximum absolute atomic E-state index is 12.6. The molecule has 0 aliphatic rings. The quantitative estimate of drug-likeness (QED) is 0.687. The highest BCUT2D eigenvalue weighted by atomic mass is 16.2. The van der Waals surface area contributed by atoms with Crippen molar-refractivity contribution in [2.75, 3.05) is 10.6 Å². The van der Waals surface area contributed by atoms with Crippen LogP contribution in [0, 0.1) is 13.8 Å². The van der Waals surface area contributed by atoms with Crippen molar-refractivity contribution in [1.82, 2.24) is 19.6 Å². The summed E-state index contributed by atoms with van der Waals surface area (Å²) < 4.78 is 3.19. The smallest absolute Gasteiger partial charge is 0.276 e. The second kappa shape index (κ2) is 8.08. The monoisotopic (exact) mass is 380 g/mol. The van der Waals surface area contributed by atoms with Crippen LogP contribution in [-0.4, -0.2) is 31.4 Å². The van der Waals surface area contributed by atoms with Gasteiger partial charge in [-0.05, 0) is 25.8 Å². The van der Waals surface area contributed by atoms with E-state index >= 15 is 0 Å². The highest BCUT2D eigenvalue weighted by Gasteiger charge is 2.18. The number of amides is 2. The standard InChI is InChI=1S/C20H24N6O2/c1-13-19(14(2)25(3)23-13)22-20(28)16-12-17(26(4)24-16)21-18(27)11-10-15-8-6-5-7-9-15/h5-9,12H,10-11H2,1-4H3,(H,21,27)(H,22,28). The number of nitrogens with zero attached hydrogens (tertiary/aromatic N) is 4. The molecule has 0 unspecified atom stereocenters. The summed E-state index contributed by atoms with van der Waals surface area (Å²) in [7, 11) is 3.51. The molecule has 8 nitrogen and oxygen atoms in total. The maximum Gasteiger partial charge on any atom is 0.276 e. The Morgan fingerprint density at radius 3 is 2.36 bits per heavy atom. The number of carbonyl (C=O) groups excluding carboxylic acids is 2. The van der Waals surface area contributed by atoms with Crippen LogP contribution in [0.3, 0.4) is 0 Å². The van der Waals surface area contributed by atoms with Crippen LogP contribution in [0.1, 0.15) is 33.9 Å². The van der Waals surface area contributed by atoms with Gasteiger partial charge in [-0.1, -0.05) is 30.3 Å². The van der Waals surface area contributed by atoms with Crippen LogP contribution in [0.2, 0.25) is 0 Å². The molecule has 2 amide bonds. The van der Waals surface area contributed by atoms with Crippen molar-refractivity contribution < 1.29 is 9.59 Å². The van der Waals surface area contributed by atoms with Gasteiger partial charge in [0.2, 0.25) is 5.91 Å². The summed E-state index contributed by atoms with van der Waals surface area (Å²) in [6.07, 6.45) is 1.00. The molecule has 2 N–H and O–H groups in total. The average Bonchev–Trinajstić information content (AvgIpc) is 3.15. The molecule has 1 aromatic carbocycles. The van der Waals surface area contributed by atoms with Gasteiger partial charge in [-0.3, -0.25) is 19.0 Å². The SMILES string of the molecule is Cc1nn(C)c(C)c1NC(=O)c1cc(NC(=O)CCc2ccccc2)n(C)n1. The molecule has 0 spiro atoms. The number of rotatable bonds is 6. The van der Waals surface area contributed by atoms with Crippen LogP contribution in [0.4, 0.5) is 11.5 Å². The zero-order chi connectivity index (χ0) is 20.3. The fourth-order valence-corrected chi connectivity index (χ4v) is 2.94. The van der Waals surface area contributed by atoms with Gasteiger partial charge in [0.1, 0.15) is 5.82 Å². The summed E-state index contributed by atoms with van der Waals surface area (Å²) in [5, 5.41) is 14.1. The molecule has 28 heavy (non-hydrogen) atoms. The predicted molar refractivity (Wildman–Crippen MR) is 107 cm³/mol. The van der Waals surface area contributed by atoms with Crippen molar-refractivity contribution in [2.24, 2.45) is 14.1 Å². The Balaban J connectivity index is 1.63. The Morgan fingerprint density at radius 2 is 1.71 bits per heavy atom.